The number of rotatable bonds is 7. The number of primary amides is 1. The summed E-state index contributed by atoms with van der Waals surface area (Å²) in [5, 5.41) is 12.0. The van der Waals surface area contributed by atoms with Gasteiger partial charge in [0, 0.05) is 5.69 Å². The van der Waals surface area contributed by atoms with Crippen LogP contribution in [-0.4, -0.2) is 11.9 Å². The van der Waals surface area contributed by atoms with Crippen LogP contribution in [0.3, 0.4) is 0 Å². The van der Waals surface area contributed by atoms with Crippen LogP contribution >= 0.6 is 0 Å². The van der Waals surface area contributed by atoms with Crippen molar-refractivity contribution in [3.8, 4) is 11.8 Å². The maximum Gasteiger partial charge on any atom is 0.239 e. The third-order valence-electron chi connectivity index (χ3n) is 3.41. The molecule has 3 N–H and O–H groups in total. The van der Waals surface area contributed by atoms with Crippen molar-refractivity contribution in [1.29, 1.82) is 5.26 Å². The Kier molecular flexibility index (Phi) is 5.59. The van der Waals surface area contributed by atoms with Crippen LogP contribution in [0.4, 0.5) is 5.69 Å². The summed E-state index contributed by atoms with van der Waals surface area (Å²) in [7, 11) is 0. The topological polar surface area (TPSA) is 88.1 Å². The zero-order chi connectivity index (χ0) is 16.7. The lowest BCUT2D eigenvalue weighted by Crippen LogP contribution is -2.34. The van der Waals surface area contributed by atoms with E-state index >= 15 is 0 Å². The molecule has 5 heteroatoms. The van der Waals surface area contributed by atoms with Gasteiger partial charge in [0.1, 0.15) is 18.4 Å². The normalized spacial score (nSPS) is 11.3. The molecule has 5 nitrogen and oxygen atoms in total. The second kappa shape index (κ2) is 7.85. The summed E-state index contributed by atoms with van der Waals surface area (Å²) in [5.41, 5.74) is 7.68. The smallest absolute Gasteiger partial charge is 0.239 e. The third-order valence-corrected chi connectivity index (χ3v) is 3.41. The number of hydrogen-bond donors (Lipinski definition) is 2. The monoisotopic (exact) mass is 309 g/mol. The summed E-state index contributed by atoms with van der Waals surface area (Å²) in [4.78, 5) is 11.2. The second-order valence-electron chi connectivity index (χ2n) is 5.13. The molecule has 0 radical (unpaired) electrons. The molecule has 1 amide bonds. The maximum atomic E-state index is 11.2. The Morgan fingerprint density at radius 3 is 2.65 bits per heavy atom. The number of nitrogens with one attached hydrogen (secondary N) is 1. The Bertz CT molecular complexity index is 705. The molecule has 0 aliphatic rings. The van der Waals surface area contributed by atoms with Gasteiger partial charge in [0.25, 0.3) is 0 Å². The molecule has 0 aliphatic carbocycles. The van der Waals surface area contributed by atoms with E-state index in [2.05, 4.69) is 11.4 Å². The molecule has 0 saturated heterocycles. The van der Waals surface area contributed by atoms with E-state index in [1.54, 1.807) is 12.1 Å². The number of hydrogen-bond acceptors (Lipinski definition) is 4. The highest BCUT2D eigenvalue weighted by Gasteiger charge is 2.11. The zero-order valence-corrected chi connectivity index (χ0v) is 13.0. The van der Waals surface area contributed by atoms with Crippen LogP contribution < -0.4 is 15.8 Å². The minimum absolute atomic E-state index is 0.370. The lowest BCUT2D eigenvalue weighted by molar-refractivity contribution is -0.118. The zero-order valence-electron chi connectivity index (χ0n) is 13.0. The minimum atomic E-state index is -0.379. The molecular formula is C18H19N3O2. The summed E-state index contributed by atoms with van der Waals surface area (Å²) in [6, 6.07) is 16.4. The number of anilines is 1. The van der Waals surface area contributed by atoms with Crippen molar-refractivity contribution in [3.05, 3.63) is 59.7 Å². The number of benzene rings is 2. The molecule has 0 heterocycles. The fourth-order valence-electron chi connectivity index (χ4n) is 2.12. The number of nitriles is 1. The molecule has 0 saturated carbocycles. The van der Waals surface area contributed by atoms with Gasteiger partial charge in [-0.15, -0.1) is 0 Å². The van der Waals surface area contributed by atoms with E-state index in [0.29, 0.717) is 24.3 Å². The Hall–Kier alpha value is -3.00. The first-order valence-electron chi connectivity index (χ1n) is 7.40. The van der Waals surface area contributed by atoms with Gasteiger partial charge in [0.15, 0.2) is 0 Å². The number of carbonyl (C=O) groups excluding carboxylic acids is 1. The molecule has 118 valence electrons. The fraction of sp³-hybridized carbons (Fsp3) is 0.222. The van der Waals surface area contributed by atoms with Crippen LogP contribution in [0.1, 0.15) is 24.5 Å². The van der Waals surface area contributed by atoms with Crippen molar-refractivity contribution in [2.45, 2.75) is 26.0 Å². The lowest BCUT2D eigenvalue weighted by Gasteiger charge is -2.15. The highest BCUT2D eigenvalue weighted by Crippen LogP contribution is 2.18. The van der Waals surface area contributed by atoms with Crippen molar-refractivity contribution in [2.75, 3.05) is 5.32 Å². The molecule has 2 aromatic rings. The van der Waals surface area contributed by atoms with Gasteiger partial charge in [-0.05, 0) is 48.4 Å². The largest absolute Gasteiger partial charge is 0.489 e. The molecule has 0 aliphatic heterocycles. The summed E-state index contributed by atoms with van der Waals surface area (Å²) in [6.45, 7) is 2.29. The summed E-state index contributed by atoms with van der Waals surface area (Å²) >= 11 is 0. The summed E-state index contributed by atoms with van der Waals surface area (Å²) in [6.07, 6.45) is 0.628. The number of nitrogens with two attached hydrogens (primary N) is 1. The molecule has 23 heavy (non-hydrogen) atoms. The molecule has 0 aromatic heterocycles. The van der Waals surface area contributed by atoms with Gasteiger partial charge in [0.05, 0.1) is 11.6 Å². The van der Waals surface area contributed by atoms with E-state index in [0.717, 1.165) is 11.3 Å². The van der Waals surface area contributed by atoms with Crippen LogP contribution in [0.5, 0.6) is 5.75 Å². The van der Waals surface area contributed by atoms with Crippen LogP contribution in [0.15, 0.2) is 48.5 Å². The highest BCUT2D eigenvalue weighted by atomic mass is 16.5. The molecule has 1 atom stereocenters. The Labute approximate surface area is 135 Å². The molecule has 0 bridgehead atoms. The quantitative estimate of drug-likeness (QED) is 0.823. The first-order chi connectivity index (χ1) is 11.1. The summed E-state index contributed by atoms with van der Waals surface area (Å²) in [5.74, 6) is 0.343. The van der Waals surface area contributed by atoms with Gasteiger partial charge in [-0.1, -0.05) is 19.1 Å². The summed E-state index contributed by atoms with van der Waals surface area (Å²) < 4.78 is 5.70. The molecule has 0 spiro atoms. The lowest BCUT2D eigenvalue weighted by atomic mass is 10.1. The van der Waals surface area contributed by atoms with E-state index in [9.17, 15) is 4.79 Å². The number of nitrogens with zero attached hydrogens (tertiary/aromatic N) is 1. The van der Waals surface area contributed by atoms with E-state index < -0.39 is 0 Å². The highest BCUT2D eigenvalue weighted by molar-refractivity contribution is 5.82. The number of carbonyl (C=O) groups is 1. The standard InChI is InChI=1S/C18H19N3O2/c1-2-17(18(20)22)21-15-6-8-16(9-7-15)23-12-14-5-3-4-13(10-14)11-19/h3-10,17,21H,2,12H2,1H3,(H2,20,22). The van der Waals surface area contributed by atoms with E-state index in [1.807, 2.05) is 43.3 Å². The van der Waals surface area contributed by atoms with E-state index in [-0.39, 0.29) is 11.9 Å². The third kappa shape index (κ3) is 4.75. The first kappa shape index (κ1) is 16.4. The molecule has 0 fully saturated rings. The predicted octanol–water partition coefficient (Wildman–Crippen LogP) is 2.81. The second-order valence-corrected chi connectivity index (χ2v) is 5.13. The van der Waals surface area contributed by atoms with Crippen molar-refractivity contribution < 1.29 is 9.53 Å². The van der Waals surface area contributed by atoms with Gasteiger partial charge in [-0.25, -0.2) is 0 Å². The average molecular weight is 309 g/mol. The fourth-order valence-corrected chi connectivity index (χ4v) is 2.12. The van der Waals surface area contributed by atoms with Gasteiger partial charge < -0.3 is 15.8 Å². The van der Waals surface area contributed by atoms with Gasteiger partial charge in [-0.2, -0.15) is 5.26 Å². The van der Waals surface area contributed by atoms with Crippen molar-refractivity contribution in [2.24, 2.45) is 5.73 Å². The first-order valence-corrected chi connectivity index (χ1v) is 7.40. The number of amides is 1. The van der Waals surface area contributed by atoms with Crippen LogP contribution in [0, 0.1) is 11.3 Å². The molecule has 2 aromatic carbocycles. The van der Waals surface area contributed by atoms with Gasteiger partial charge in [0.2, 0.25) is 5.91 Å². The Morgan fingerprint density at radius 2 is 2.04 bits per heavy atom. The Morgan fingerprint density at radius 1 is 1.30 bits per heavy atom. The van der Waals surface area contributed by atoms with E-state index in [4.69, 9.17) is 15.7 Å². The SMILES string of the molecule is CCC(Nc1ccc(OCc2cccc(C#N)c2)cc1)C(N)=O. The van der Waals surface area contributed by atoms with Crippen molar-refractivity contribution in [1.82, 2.24) is 0 Å². The van der Waals surface area contributed by atoms with Crippen LogP contribution in [-0.2, 0) is 11.4 Å². The average Bonchev–Trinajstić information content (AvgIpc) is 2.58. The van der Waals surface area contributed by atoms with Gasteiger partial charge >= 0.3 is 0 Å². The molecule has 1 unspecified atom stereocenters. The molecular weight excluding hydrogens is 290 g/mol. The van der Waals surface area contributed by atoms with Gasteiger partial charge in [-0.3, -0.25) is 4.79 Å². The predicted molar refractivity (Wildman–Crippen MR) is 88.8 cm³/mol. The number of ether oxygens (including phenoxy) is 1. The Balaban J connectivity index is 1.94. The maximum absolute atomic E-state index is 11.2. The van der Waals surface area contributed by atoms with Crippen molar-refractivity contribution in [3.63, 3.8) is 0 Å². The van der Waals surface area contributed by atoms with Crippen molar-refractivity contribution >= 4 is 11.6 Å². The minimum Gasteiger partial charge on any atom is -0.489 e. The van der Waals surface area contributed by atoms with E-state index in [1.165, 1.54) is 0 Å². The van der Waals surface area contributed by atoms with Crippen LogP contribution in [0.2, 0.25) is 0 Å². The molecule has 2 rings (SSSR count). The van der Waals surface area contributed by atoms with Crippen LogP contribution in [0.25, 0.3) is 0 Å².